The molecule has 2 aliphatic rings. The first-order valence-corrected chi connectivity index (χ1v) is 7.39. The average molecular weight is 271 g/mol. The normalized spacial score (nSPS) is 29.6. The fraction of sp³-hybridized carbons (Fsp3) is 0.471. The van der Waals surface area contributed by atoms with Crippen molar-refractivity contribution in [2.45, 2.75) is 38.4 Å². The molecule has 0 saturated carbocycles. The Morgan fingerprint density at radius 1 is 1.35 bits per heavy atom. The average Bonchev–Trinajstić information content (AvgIpc) is 3.08. The monoisotopic (exact) mass is 271 g/mol. The number of likely N-dealkylation sites (tertiary alicyclic amines) is 1. The zero-order valence-corrected chi connectivity index (χ0v) is 12.0. The molecule has 1 unspecified atom stereocenters. The van der Waals surface area contributed by atoms with Crippen LogP contribution in [-0.4, -0.2) is 29.6 Å². The largest absolute Gasteiger partial charge is 0.465 e. The van der Waals surface area contributed by atoms with Gasteiger partial charge in [0, 0.05) is 18.0 Å². The highest BCUT2D eigenvalue weighted by Gasteiger charge is 2.49. The maximum atomic E-state index is 12.3. The fourth-order valence-electron chi connectivity index (χ4n) is 3.55. The van der Waals surface area contributed by atoms with Gasteiger partial charge >= 0.3 is 5.97 Å². The number of ether oxygens (including phenoxy) is 1. The first kappa shape index (κ1) is 13.4. The van der Waals surface area contributed by atoms with Gasteiger partial charge in [0.05, 0.1) is 6.61 Å². The molecule has 0 spiro atoms. The van der Waals surface area contributed by atoms with E-state index in [9.17, 15) is 4.79 Å². The van der Waals surface area contributed by atoms with Crippen molar-refractivity contribution in [3.63, 3.8) is 0 Å². The minimum Gasteiger partial charge on any atom is -0.465 e. The molecule has 1 aromatic carbocycles. The van der Waals surface area contributed by atoms with E-state index in [2.05, 4.69) is 48.2 Å². The van der Waals surface area contributed by atoms with Crippen LogP contribution in [0.1, 0.15) is 31.9 Å². The molecular formula is C17H21NO2. The third-order valence-electron chi connectivity index (χ3n) is 4.46. The summed E-state index contributed by atoms with van der Waals surface area (Å²) in [5, 5.41) is 0. The van der Waals surface area contributed by atoms with Crippen molar-refractivity contribution in [2.75, 3.05) is 6.61 Å². The predicted octanol–water partition coefficient (Wildman–Crippen LogP) is 2.94. The zero-order chi connectivity index (χ0) is 14.1. The van der Waals surface area contributed by atoms with Crippen molar-refractivity contribution in [1.29, 1.82) is 0 Å². The molecule has 1 saturated heterocycles. The van der Waals surface area contributed by atoms with Crippen LogP contribution in [0.15, 0.2) is 42.5 Å². The topological polar surface area (TPSA) is 29.5 Å². The molecule has 0 amide bonds. The highest BCUT2D eigenvalue weighted by atomic mass is 16.5. The fourth-order valence-corrected chi connectivity index (χ4v) is 3.55. The number of hydrogen-bond acceptors (Lipinski definition) is 3. The van der Waals surface area contributed by atoms with E-state index in [1.165, 1.54) is 5.56 Å². The number of esters is 1. The molecule has 1 aromatic rings. The Bertz CT molecular complexity index is 511. The summed E-state index contributed by atoms with van der Waals surface area (Å²) < 4.78 is 5.28. The smallest absolute Gasteiger partial charge is 0.323 e. The van der Waals surface area contributed by atoms with E-state index in [1.807, 2.05) is 13.0 Å². The molecule has 1 heterocycles. The second kappa shape index (κ2) is 5.41. The number of hydrogen-bond donors (Lipinski definition) is 0. The Morgan fingerprint density at radius 2 is 2.10 bits per heavy atom. The summed E-state index contributed by atoms with van der Waals surface area (Å²) in [4.78, 5) is 14.6. The Kier molecular flexibility index (Phi) is 3.62. The molecule has 20 heavy (non-hydrogen) atoms. The molecule has 2 bridgehead atoms. The lowest BCUT2D eigenvalue weighted by Crippen LogP contribution is -2.46. The van der Waals surface area contributed by atoms with Crippen molar-refractivity contribution in [1.82, 2.24) is 4.90 Å². The first-order valence-electron chi connectivity index (χ1n) is 7.39. The summed E-state index contributed by atoms with van der Waals surface area (Å²) in [5.41, 5.74) is 1.25. The maximum Gasteiger partial charge on any atom is 0.323 e. The Balaban J connectivity index is 1.87. The van der Waals surface area contributed by atoms with Crippen LogP contribution in [0.3, 0.4) is 0 Å². The minimum absolute atomic E-state index is 0.0767. The molecule has 106 valence electrons. The summed E-state index contributed by atoms with van der Waals surface area (Å²) in [7, 11) is 0. The summed E-state index contributed by atoms with van der Waals surface area (Å²) in [5.74, 6) is 0.234. The summed E-state index contributed by atoms with van der Waals surface area (Å²) in [6.45, 7) is 4.49. The van der Waals surface area contributed by atoms with E-state index in [0.717, 1.165) is 6.42 Å². The van der Waals surface area contributed by atoms with E-state index < -0.39 is 0 Å². The molecule has 3 heteroatoms. The molecular weight excluding hydrogens is 250 g/mol. The maximum absolute atomic E-state index is 12.3. The molecule has 3 nitrogen and oxygen atoms in total. The van der Waals surface area contributed by atoms with E-state index in [0.29, 0.717) is 18.6 Å². The van der Waals surface area contributed by atoms with Gasteiger partial charge in [-0.1, -0.05) is 42.5 Å². The quantitative estimate of drug-likeness (QED) is 0.623. The number of carbonyl (C=O) groups is 1. The van der Waals surface area contributed by atoms with Gasteiger partial charge in [-0.2, -0.15) is 0 Å². The van der Waals surface area contributed by atoms with Crippen molar-refractivity contribution >= 4 is 5.97 Å². The molecule has 0 radical (unpaired) electrons. The number of carbonyl (C=O) groups excluding carboxylic acids is 1. The molecule has 0 aromatic heterocycles. The minimum atomic E-state index is -0.125. The van der Waals surface area contributed by atoms with E-state index in [1.54, 1.807) is 0 Å². The van der Waals surface area contributed by atoms with Crippen molar-refractivity contribution in [3.8, 4) is 0 Å². The van der Waals surface area contributed by atoms with Crippen LogP contribution >= 0.6 is 0 Å². The number of fused-ring (bicyclic) bond motifs is 2. The Hall–Kier alpha value is -1.61. The molecule has 0 N–H and O–H groups in total. The first-order chi connectivity index (χ1) is 9.72. The van der Waals surface area contributed by atoms with E-state index in [-0.39, 0.29) is 18.1 Å². The van der Waals surface area contributed by atoms with Crippen LogP contribution in [0, 0.1) is 5.92 Å². The van der Waals surface area contributed by atoms with E-state index >= 15 is 0 Å². The van der Waals surface area contributed by atoms with E-state index in [4.69, 9.17) is 4.74 Å². The van der Waals surface area contributed by atoms with Crippen LogP contribution in [0.4, 0.5) is 0 Å². The standard InChI is InChI=1S/C17H21NO2/c1-3-20-17(19)16-14-9-10-15(11-14)18(16)12(2)13-7-5-4-6-8-13/h4-10,12,14-16H,3,11H2,1-2H3/t12-,14+,15+,16?/m0/s1. The van der Waals surface area contributed by atoms with Gasteiger partial charge in [-0.3, -0.25) is 9.69 Å². The lowest BCUT2D eigenvalue weighted by molar-refractivity contribution is -0.150. The molecule has 1 fully saturated rings. The zero-order valence-electron chi connectivity index (χ0n) is 12.0. The second-order valence-corrected chi connectivity index (χ2v) is 5.58. The summed E-state index contributed by atoms with van der Waals surface area (Å²) in [6.07, 6.45) is 5.46. The number of rotatable bonds is 4. The van der Waals surface area contributed by atoms with Gasteiger partial charge in [0.25, 0.3) is 0 Å². The molecule has 4 atom stereocenters. The lowest BCUT2D eigenvalue weighted by Gasteiger charge is -2.36. The van der Waals surface area contributed by atoms with Crippen molar-refractivity contribution in [2.24, 2.45) is 5.92 Å². The Morgan fingerprint density at radius 3 is 2.80 bits per heavy atom. The van der Waals surface area contributed by atoms with Crippen LogP contribution in [0.25, 0.3) is 0 Å². The van der Waals surface area contributed by atoms with Crippen molar-refractivity contribution in [3.05, 3.63) is 48.0 Å². The highest BCUT2D eigenvalue weighted by Crippen LogP contribution is 2.42. The molecule has 1 aliphatic carbocycles. The van der Waals surface area contributed by atoms with Gasteiger partial charge in [0.1, 0.15) is 6.04 Å². The SMILES string of the molecule is CCOC(=O)C1[C@@H]2C=C[C@H](C2)N1[C@@H](C)c1ccccc1. The third-order valence-corrected chi connectivity index (χ3v) is 4.46. The van der Waals surface area contributed by atoms with Gasteiger partial charge in [-0.25, -0.2) is 0 Å². The van der Waals surface area contributed by atoms with Crippen LogP contribution in [0.5, 0.6) is 0 Å². The summed E-state index contributed by atoms with van der Waals surface area (Å²) >= 11 is 0. The predicted molar refractivity (Wildman–Crippen MR) is 78.2 cm³/mol. The van der Waals surface area contributed by atoms with Gasteiger partial charge in [-0.15, -0.1) is 0 Å². The Labute approximate surface area is 120 Å². The lowest BCUT2D eigenvalue weighted by atomic mass is 9.99. The van der Waals surface area contributed by atoms with Gasteiger partial charge in [-0.05, 0) is 25.8 Å². The van der Waals surface area contributed by atoms with Gasteiger partial charge in [0.15, 0.2) is 0 Å². The van der Waals surface area contributed by atoms with Gasteiger partial charge < -0.3 is 4.74 Å². The third kappa shape index (κ3) is 2.16. The molecule has 3 rings (SSSR count). The number of nitrogens with zero attached hydrogens (tertiary/aromatic N) is 1. The second-order valence-electron chi connectivity index (χ2n) is 5.58. The van der Waals surface area contributed by atoms with Crippen LogP contribution < -0.4 is 0 Å². The van der Waals surface area contributed by atoms with Gasteiger partial charge in [0.2, 0.25) is 0 Å². The highest BCUT2D eigenvalue weighted by molar-refractivity contribution is 5.77. The van der Waals surface area contributed by atoms with Crippen LogP contribution in [0.2, 0.25) is 0 Å². The van der Waals surface area contributed by atoms with Crippen molar-refractivity contribution < 1.29 is 9.53 Å². The number of benzene rings is 1. The van der Waals surface area contributed by atoms with Crippen LogP contribution in [-0.2, 0) is 9.53 Å². The summed E-state index contributed by atoms with van der Waals surface area (Å²) in [6, 6.07) is 10.8. The molecule has 1 aliphatic heterocycles.